The van der Waals surface area contributed by atoms with Gasteiger partial charge in [0.25, 0.3) is 0 Å². The summed E-state index contributed by atoms with van der Waals surface area (Å²) in [6.45, 7) is 4.08. The lowest BCUT2D eigenvalue weighted by Gasteiger charge is -2.15. The number of carbonyl (C=O) groups is 1. The van der Waals surface area contributed by atoms with Crippen molar-refractivity contribution >= 4 is 5.91 Å². The minimum Gasteiger partial charge on any atom is -0.390 e. The van der Waals surface area contributed by atoms with Crippen LogP contribution < -0.4 is 11.1 Å². The minimum atomic E-state index is -0.932. The molecule has 0 spiro atoms. The molecule has 0 unspecified atom stereocenters. The van der Waals surface area contributed by atoms with Gasteiger partial charge in [-0.3, -0.25) is 4.79 Å². The van der Waals surface area contributed by atoms with Gasteiger partial charge in [-0.1, -0.05) is 0 Å². The zero-order chi connectivity index (χ0) is 8.91. The van der Waals surface area contributed by atoms with Crippen LogP contribution in [0, 0.1) is 0 Å². The Balaban J connectivity index is 3.53. The lowest BCUT2D eigenvalue weighted by atomic mass is 10.1. The van der Waals surface area contributed by atoms with Gasteiger partial charge in [0.1, 0.15) is 0 Å². The van der Waals surface area contributed by atoms with Crippen molar-refractivity contribution in [1.82, 2.24) is 5.32 Å². The predicted molar refractivity (Wildman–Crippen MR) is 43.0 cm³/mol. The van der Waals surface area contributed by atoms with Crippen molar-refractivity contribution in [2.75, 3.05) is 13.1 Å². The minimum absolute atomic E-state index is 0.118. The van der Waals surface area contributed by atoms with E-state index in [1.807, 2.05) is 0 Å². The Morgan fingerprint density at radius 1 is 1.64 bits per heavy atom. The number of hydrogen-bond acceptors (Lipinski definition) is 3. The van der Waals surface area contributed by atoms with E-state index < -0.39 is 5.60 Å². The fraction of sp³-hybridized carbons (Fsp3) is 0.857. The van der Waals surface area contributed by atoms with Crippen LogP contribution in [0.5, 0.6) is 0 Å². The molecule has 0 saturated heterocycles. The van der Waals surface area contributed by atoms with Gasteiger partial charge >= 0.3 is 0 Å². The molecular weight excluding hydrogens is 144 g/mol. The van der Waals surface area contributed by atoms with E-state index >= 15 is 0 Å². The van der Waals surface area contributed by atoms with Gasteiger partial charge in [0, 0.05) is 13.1 Å². The van der Waals surface area contributed by atoms with Crippen LogP contribution in [0.25, 0.3) is 0 Å². The summed E-state index contributed by atoms with van der Waals surface area (Å²) < 4.78 is 0. The molecule has 0 aliphatic heterocycles. The number of amides is 1. The van der Waals surface area contributed by atoms with Crippen molar-refractivity contribution in [2.45, 2.75) is 25.9 Å². The van der Waals surface area contributed by atoms with Crippen molar-refractivity contribution in [3.8, 4) is 0 Å². The molecule has 0 rings (SSSR count). The highest BCUT2D eigenvalue weighted by molar-refractivity contribution is 5.76. The number of hydrogen-bond donors (Lipinski definition) is 3. The van der Waals surface area contributed by atoms with Gasteiger partial charge < -0.3 is 16.2 Å². The lowest BCUT2D eigenvalue weighted by molar-refractivity contribution is -0.124. The van der Waals surface area contributed by atoms with E-state index in [0.717, 1.165) is 0 Å². The standard InChI is InChI=1S/C7H16N2O2/c1-7(2,11)5-6(10)9-4-3-8/h11H,3-5,8H2,1-2H3,(H,9,10). The number of nitrogens with one attached hydrogen (secondary N) is 1. The molecule has 4 N–H and O–H groups in total. The van der Waals surface area contributed by atoms with Crippen LogP contribution in [0.15, 0.2) is 0 Å². The fourth-order valence-electron chi connectivity index (χ4n) is 0.667. The monoisotopic (exact) mass is 160 g/mol. The molecule has 0 heterocycles. The van der Waals surface area contributed by atoms with Crippen LogP contribution in [0.4, 0.5) is 0 Å². The summed E-state index contributed by atoms with van der Waals surface area (Å²) >= 11 is 0. The topological polar surface area (TPSA) is 75.3 Å². The number of rotatable bonds is 4. The van der Waals surface area contributed by atoms with Gasteiger partial charge in [0.05, 0.1) is 12.0 Å². The van der Waals surface area contributed by atoms with Crippen LogP contribution in [-0.2, 0) is 4.79 Å². The van der Waals surface area contributed by atoms with Crippen molar-refractivity contribution in [1.29, 1.82) is 0 Å². The third-order valence-electron chi connectivity index (χ3n) is 1.06. The number of aliphatic hydroxyl groups is 1. The normalized spacial score (nSPS) is 11.3. The third-order valence-corrected chi connectivity index (χ3v) is 1.06. The van der Waals surface area contributed by atoms with E-state index in [9.17, 15) is 9.90 Å². The molecule has 0 saturated carbocycles. The Labute approximate surface area is 66.8 Å². The van der Waals surface area contributed by atoms with Crippen molar-refractivity contribution < 1.29 is 9.90 Å². The quantitative estimate of drug-likeness (QED) is 0.505. The maximum atomic E-state index is 10.9. The molecular formula is C7H16N2O2. The van der Waals surface area contributed by atoms with Gasteiger partial charge in [0.2, 0.25) is 5.91 Å². The van der Waals surface area contributed by atoms with E-state index in [2.05, 4.69) is 5.32 Å². The molecule has 0 atom stereocenters. The average molecular weight is 160 g/mol. The van der Waals surface area contributed by atoms with Crippen LogP contribution >= 0.6 is 0 Å². The lowest BCUT2D eigenvalue weighted by Crippen LogP contribution is -2.34. The maximum absolute atomic E-state index is 10.9. The molecule has 0 aliphatic carbocycles. The summed E-state index contributed by atoms with van der Waals surface area (Å²) in [5.41, 5.74) is 4.23. The Morgan fingerprint density at radius 2 is 2.18 bits per heavy atom. The molecule has 0 aromatic rings. The number of nitrogens with two attached hydrogens (primary N) is 1. The van der Waals surface area contributed by atoms with Gasteiger partial charge in [0.15, 0.2) is 0 Å². The van der Waals surface area contributed by atoms with Gasteiger partial charge in [-0.2, -0.15) is 0 Å². The molecule has 0 radical (unpaired) electrons. The van der Waals surface area contributed by atoms with Gasteiger partial charge in [-0.25, -0.2) is 0 Å². The first-order valence-electron chi connectivity index (χ1n) is 3.65. The van der Waals surface area contributed by atoms with Gasteiger partial charge in [-0.15, -0.1) is 0 Å². The van der Waals surface area contributed by atoms with Crippen LogP contribution in [0.1, 0.15) is 20.3 Å². The van der Waals surface area contributed by atoms with Crippen LogP contribution in [0.2, 0.25) is 0 Å². The highest BCUT2D eigenvalue weighted by Crippen LogP contribution is 2.05. The molecule has 4 nitrogen and oxygen atoms in total. The Hall–Kier alpha value is -0.610. The molecule has 4 heteroatoms. The molecule has 0 aliphatic rings. The fourth-order valence-corrected chi connectivity index (χ4v) is 0.667. The van der Waals surface area contributed by atoms with Crippen LogP contribution in [0.3, 0.4) is 0 Å². The molecule has 66 valence electrons. The molecule has 11 heavy (non-hydrogen) atoms. The summed E-state index contributed by atoms with van der Waals surface area (Å²) in [5, 5.41) is 11.8. The Bertz CT molecular complexity index is 129. The smallest absolute Gasteiger partial charge is 0.222 e. The molecule has 1 amide bonds. The predicted octanol–water partition coefficient (Wildman–Crippen LogP) is -0.778. The van der Waals surface area contributed by atoms with Crippen molar-refractivity contribution in [3.63, 3.8) is 0 Å². The van der Waals surface area contributed by atoms with Gasteiger partial charge in [-0.05, 0) is 13.8 Å². The SMILES string of the molecule is CC(C)(O)CC(=O)NCCN. The van der Waals surface area contributed by atoms with E-state index in [1.165, 1.54) is 0 Å². The molecule has 0 aromatic heterocycles. The van der Waals surface area contributed by atoms with E-state index in [-0.39, 0.29) is 12.3 Å². The van der Waals surface area contributed by atoms with Crippen molar-refractivity contribution in [3.05, 3.63) is 0 Å². The average Bonchev–Trinajstić information content (AvgIpc) is 1.79. The van der Waals surface area contributed by atoms with E-state index in [4.69, 9.17) is 5.73 Å². The van der Waals surface area contributed by atoms with E-state index in [0.29, 0.717) is 13.1 Å². The molecule has 0 bridgehead atoms. The highest BCUT2D eigenvalue weighted by atomic mass is 16.3. The highest BCUT2D eigenvalue weighted by Gasteiger charge is 2.16. The second-order valence-corrected chi connectivity index (χ2v) is 3.13. The zero-order valence-electron chi connectivity index (χ0n) is 7.05. The summed E-state index contributed by atoms with van der Waals surface area (Å²) in [6.07, 6.45) is 0.118. The van der Waals surface area contributed by atoms with Crippen molar-refractivity contribution in [2.24, 2.45) is 5.73 Å². The summed E-state index contributed by atoms with van der Waals surface area (Å²) in [5.74, 6) is -0.164. The summed E-state index contributed by atoms with van der Waals surface area (Å²) in [7, 11) is 0. The Kier molecular flexibility index (Phi) is 4.07. The first-order valence-corrected chi connectivity index (χ1v) is 3.65. The zero-order valence-corrected chi connectivity index (χ0v) is 7.05. The molecule has 0 aromatic carbocycles. The van der Waals surface area contributed by atoms with E-state index in [1.54, 1.807) is 13.8 Å². The molecule has 0 fully saturated rings. The number of carbonyl (C=O) groups excluding carboxylic acids is 1. The Morgan fingerprint density at radius 3 is 2.55 bits per heavy atom. The first-order chi connectivity index (χ1) is 4.95. The largest absolute Gasteiger partial charge is 0.390 e. The maximum Gasteiger partial charge on any atom is 0.222 e. The second-order valence-electron chi connectivity index (χ2n) is 3.13. The van der Waals surface area contributed by atoms with Crippen LogP contribution in [-0.4, -0.2) is 29.7 Å². The summed E-state index contributed by atoms with van der Waals surface area (Å²) in [4.78, 5) is 10.9. The summed E-state index contributed by atoms with van der Waals surface area (Å²) in [6, 6.07) is 0. The third kappa shape index (κ3) is 7.29. The second kappa shape index (κ2) is 4.31. The first kappa shape index (κ1) is 10.4.